The summed E-state index contributed by atoms with van der Waals surface area (Å²) in [5.74, 6) is 1.67. The van der Waals surface area contributed by atoms with Crippen LogP contribution in [0.2, 0.25) is 0 Å². The van der Waals surface area contributed by atoms with Gasteiger partial charge in [0.25, 0.3) is 0 Å². The van der Waals surface area contributed by atoms with Gasteiger partial charge in [-0.3, -0.25) is 0 Å². The molecule has 0 saturated heterocycles. The number of nitrogens with one attached hydrogen (secondary N) is 1. The van der Waals surface area contributed by atoms with Gasteiger partial charge in [0.1, 0.15) is 11.9 Å². The van der Waals surface area contributed by atoms with E-state index in [1.807, 2.05) is 24.3 Å². The summed E-state index contributed by atoms with van der Waals surface area (Å²) >= 11 is 0. The largest absolute Gasteiger partial charge is 0.488 e. The summed E-state index contributed by atoms with van der Waals surface area (Å²) in [6.07, 6.45) is 2.96. The molecule has 0 bridgehead atoms. The Balaban J connectivity index is 1.49. The van der Waals surface area contributed by atoms with Gasteiger partial charge >= 0.3 is 0 Å². The molecular formula is C16H18N2O2. The summed E-state index contributed by atoms with van der Waals surface area (Å²) in [7, 11) is 1.63. The topological polar surface area (TPSA) is 43.4 Å². The van der Waals surface area contributed by atoms with Crippen LogP contribution < -0.4 is 14.8 Å². The predicted octanol–water partition coefficient (Wildman–Crippen LogP) is 2.18. The van der Waals surface area contributed by atoms with E-state index in [2.05, 4.69) is 22.4 Å². The van der Waals surface area contributed by atoms with E-state index < -0.39 is 0 Å². The zero-order valence-electron chi connectivity index (χ0n) is 11.5. The Morgan fingerprint density at radius 2 is 2.25 bits per heavy atom. The first-order chi connectivity index (χ1) is 9.85. The average Bonchev–Trinajstić information content (AvgIpc) is 2.90. The highest BCUT2D eigenvalue weighted by Gasteiger charge is 2.21. The molecule has 1 N–H and O–H groups in total. The van der Waals surface area contributed by atoms with Gasteiger partial charge in [0.15, 0.2) is 0 Å². The first kappa shape index (κ1) is 12.9. The van der Waals surface area contributed by atoms with Gasteiger partial charge in [0.05, 0.1) is 7.11 Å². The van der Waals surface area contributed by atoms with Gasteiger partial charge in [-0.25, -0.2) is 4.98 Å². The average molecular weight is 270 g/mol. The lowest BCUT2D eigenvalue weighted by Crippen LogP contribution is -2.29. The van der Waals surface area contributed by atoms with Crippen LogP contribution in [-0.2, 0) is 13.0 Å². The van der Waals surface area contributed by atoms with Crippen LogP contribution in [0.15, 0.2) is 42.6 Å². The van der Waals surface area contributed by atoms with E-state index in [-0.39, 0.29) is 6.10 Å². The zero-order chi connectivity index (χ0) is 13.8. The van der Waals surface area contributed by atoms with E-state index in [4.69, 9.17) is 9.47 Å². The normalized spacial score (nSPS) is 16.6. The lowest BCUT2D eigenvalue weighted by atomic mass is 10.1. The number of rotatable bonds is 5. The second-order valence-electron chi connectivity index (χ2n) is 4.89. The predicted molar refractivity (Wildman–Crippen MR) is 77.1 cm³/mol. The van der Waals surface area contributed by atoms with Crippen LogP contribution in [0.25, 0.3) is 0 Å². The number of hydrogen-bond donors (Lipinski definition) is 1. The molecule has 1 aromatic heterocycles. The Morgan fingerprint density at radius 1 is 1.35 bits per heavy atom. The fraction of sp³-hybridized carbons (Fsp3) is 0.312. The van der Waals surface area contributed by atoms with Gasteiger partial charge in [0, 0.05) is 31.8 Å². The number of hydrogen-bond acceptors (Lipinski definition) is 4. The molecule has 1 aliphatic heterocycles. The molecule has 1 aliphatic rings. The minimum atomic E-state index is 0.219. The molecular weight excluding hydrogens is 252 g/mol. The number of ether oxygens (including phenoxy) is 2. The van der Waals surface area contributed by atoms with Crippen molar-refractivity contribution in [2.75, 3.05) is 13.7 Å². The summed E-state index contributed by atoms with van der Waals surface area (Å²) in [6.45, 7) is 1.62. The maximum atomic E-state index is 5.89. The molecule has 0 fully saturated rings. The number of nitrogens with zero attached hydrogens (tertiary/aromatic N) is 1. The molecule has 104 valence electrons. The monoisotopic (exact) mass is 270 g/mol. The lowest BCUT2D eigenvalue weighted by molar-refractivity contribution is 0.227. The highest BCUT2D eigenvalue weighted by Crippen LogP contribution is 2.27. The van der Waals surface area contributed by atoms with Crippen molar-refractivity contribution in [2.24, 2.45) is 0 Å². The summed E-state index contributed by atoms with van der Waals surface area (Å²) in [4.78, 5) is 4.10. The summed E-state index contributed by atoms with van der Waals surface area (Å²) in [6, 6.07) is 12.2. The van der Waals surface area contributed by atoms with E-state index in [9.17, 15) is 0 Å². The SMILES string of the molecule is COc1cc(CNCC2Cc3ccccc3O2)ccn1. The van der Waals surface area contributed by atoms with Crippen molar-refractivity contribution in [3.8, 4) is 11.6 Å². The van der Waals surface area contributed by atoms with Crippen molar-refractivity contribution >= 4 is 0 Å². The second kappa shape index (κ2) is 5.92. The van der Waals surface area contributed by atoms with E-state index >= 15 is 0 Å². The minimum absolute atomic E-state index is 0.219. The number of pyridine rings is 1. The van der Waals surface area contributed by atoms with E-state index in [1.54, 1.807) is 13.3 Å². The van der Waals surface area contributed by atoms with Crippen LogP contribution in [-0.4, -0.2) is 24.7 Å². The third-order valence-electron chi connectivity index (χ3n) is 3.42. The Hall–Kier alpha value is -2.07. The molecule has 3 rings (SSSR count). The molecule has 2 heterocycles. The van der Waals surface area contributed by atoms with Crippen LogP contribution in [0.5, 0.6) is 11.6 Å². The molecule has 0 amide bonds. The summed E-state index contributed by atoms with van der Waals surface area (Å²) in [5, 5.41) is 3.42. The molecule has 2 aromatic rings. The van der Waals surface area contributed by atoms with Crippen molar-refractivity contribution in [3.63, 3.8) is 0 Å². The molecule has 0 saturated carbocycles. The van der Waals surface area contributed by atoms with Gasteiger partial charge in [0.2, 0.25) is 5.88 Å². The van der Waals surface area contributed by atoms with Crippen molar-refractivity contribution in [2.45, 2.75) is 19.1 Å². The van der Waals surface area contributed by atoms with Crippen molar-refractivity contribution in [1.29, 1.82) is 0 Å². The van der Waals surface area contributed by atoms with Crippen LogP contribution in [0.1, 0.15) is 11.1 Å². The molecule has 0 aliphatic carbocycles. The molecule has 1 unspecified atom stereocenters. The van der Waals surface area contributed by atoms with Crippen LogP contribution in [0.4, 0.5) is 0 Å². The van der Waals surface area contributed by atoms with E-state index in [0.717, 1.165) is 30.8 Å². The standard InChI is InChI=1S/C16H18N2O2/c1-19-16-8-12(6-7-18-16)10-17-11-14-9-13-4-2-3-5-15(13)20-14/h2-8,14,17H,9-11H2,1H3. The summed E-state index contributed by atoms with van der Waals surface area (Å²) in [5.41, 5.74) is 2.46. The number of fused-ring (bicyclic) bond motifs is 1. The van der Waals surface area contributed by atoms with Crippen molar-refractivity contribution in [1.82, 2.24) is 10.3 Å². The van der Waals surface area contributed by atoms with Crippen molar-refractivity contribution < 1.29 is 9.47 Å². The number of para-hydroxylation sites is 1. The first-order valence-corrected chi connectivity index (χ1v) is 6.79. The quantitative estimate of drug-likeness (QED) is 0.904. The fourth-order valence-corrected chi connectivity index (χ4v) is 2.42. The van der Waals surface area contributed by atoms with Gasteiger partial charge in [-0.15, -0.1) is 0 Å². The van der Waals surface area contributed by atoms with E-state index in [1.165, 1.54) is 5.56 Å². The van der Waals surface area contributed by atoms with E-state index in [0.29, 0.717) is 5.88 Å². The fourth-order valence-electron chi connectivity index (χ4n) is 2.42. The number of methoxy groups -OCH3 is 1. The van der Waals surface area contributed by atoms with Gasteiger partial charge < -0.3 is 14.8 Å². The Labute approximate surface area is 118 Å². The lowest BCUT2D eigenvalue weighted by Gasteiger charge is -2.12. The maximum absolute atomic E-state index is 5.89. The molecule has 20 heavy (non-hydrogen) atoms. The Morgan fingerprint density at radius 3 is 3.10 bits per heavy atom. The van der Waals surface area contributed by atoms with Gasteiger partial charge in [-0.2, -0.15) is 0 Å². The zero-order valence-corrected chi connectivity index (χ0v) is 11.5. The third-order valence-corrected chi connectivity index (χ3v) is 3.42. The van der Waals surface area contributed by atoms with Gasteiger partial charge in [-0.1, -0.05) is 18.2 Å². The molecule has 4 heteroatoms. The highest BCUT2D eigenvalue weighted by molar-refractivity contribution is 5.37. The number of benzene rings is 1. The third kappa shape index (κ3) is 2.91. The Bertz CT molecular complexity index is 561. The van der Waals surface area contributed by atoms with Gasteiger partial charge in [-0.05, 0) is 23.3 Å². The van der Waals surface area contributed by atoms with Crippen LogP contribution >= 0.6 is 0 Å². The Kier molecular flexibility index (Phi) is 3.83. The molecule has 1 atom stereocenters. The maximum Gasteiger partial charge on any atom is 0.213 e. The smallest absolute Gasteiger partial charge is 0.213 e. The molecule has 0 radical (unpaired) electrons. The molecule has 4 nitrogen and oxygen atoms in total. The van der Waals surface area contributed by atoms with Crippen LogP contribution in [0.3, 0.4) is 0 Å². The number of aromatic nitrogens is 1. The minimum Gasteiger partial charge on any atom is -0.488 e. The summed E-state index contributed by atoms with van der Waals surface area (Å²) < 4.78 is 11.0. The first-order valence-electron chi connectivity index (χ1n) is 6.79. The van der Waals surface area contributed by atoms with Crippen molar-refractivity contribution in [3.05, 3.63) is 53.7 Å². The second-order valence-corrected chi connectivity index (χ2v) is 4.89. The molecule has 1 aromatic carbocycles. The highest BCUT2D eigenvalue weighted by atomic mass is 16.5. The molecule has 0 spiro atoms. The van der Waals surface area contributed by atoms with Crippen LogP contribution in [0, 0.1) is 0 Å².